The number of carbonyl (C=O) groups is 1. The maximum absolute atomic E-state index is 12.5. The van der Waals surface area contributed by atoms with Gasteiger partial charge in [-0.2, -0.15) is 15.4 Å². The van der Waals surface area contributed by atoms with Crippen molar-refractivity contribution in [1.29, 1.82) is 0 Å². The Hall–Kier alpha value is -2.95. The zero-order valence-corrected chi connectivity index (χ0v) is 12.8. The van der Waals surface area contributed by atoms with Crippen molar-refractivity contribution in [2.24, 2.45) is 0 Å². The molecule has 3 aromatic rings. The van der Waals surface area contributed by atoms with Crippen LogP contribution in [-0.4, -0.2) is 21.3 Å². The van der Waals surface area contributed by atoms with Crippen LogP contribution in [0.4, 0.5) is 5.69 Å². The molecule has 5 heteroatoms. The molecule has 0 aliphatic carbocycles. The second-order valence-corrected chi connectivity index (χ2v) is 5.53. The van der Waals surface area contributed by atoms with Crippen molar-refractivity contribution in [3.63, 3.8) is 0 Å². The van der Waals surface area contributed by atoms with Crippen LogP contribution in [0.1, 0.15) is 18.9 Å². The summed E-state index contributed by atoms with van der Waals surface area (Å²) in [5.74, 6) is 0.0965. The minimum absolute atomic E-state index is 0.0965. The standard InChI is InChI=1S/C18H16N4O/c1-2-16(23)22-11-12-7-3-4-8-13(12)17-18(20-21-19-17)14-9-5-6-10-15(14)22/h3-10H,2,11H2,1H3,(H,19,20,21). The first-order valence-electron chi connectivity index (χ1n) is 7.68. The molecule has 1 N–H and O–H groups in total. The lowest BCUT2D eigenvalue weighted by atomic mass is 9.96. The SMILES string of the molecule is CCC(=O)N1Cc2ccccc2-c2n[nH]nc2-c2ccccc21. The zero-order chi connectivity index (χ0) is 15.8. The molecule has 4 rings (SSSR count). The van der Waals surface area contributed by atoms with Gasteiger partial charge in [0.25, 0.3) is 0 Å². The smallest absolute Gasteiger partial charge is 0.227 e. The van der Waals surface area contributed by atoms with E-state index in [9.17, 15) is 4.79 Å². The summed E-state index contributed by atoms with van der Waals surface area (Å²) < 4.78 is 0. The molecule has 5 nitrogen and oxygen atoms in total. The molecule has 0 saturated carbocycles. The summed E-state index contributed by atoms with van der Waals surface area (Å²) in [7, 11) is 0. The Morgan fingerprint density at radius 2 is 1.70 bits per heavy atom. The third-order valence-corrected chi connectivity index (χ3v) is 4.20. The van der Waals surface area contributed by atoms with Crippen LogP contribution in [-0.2, 0) is 11.3 Å². The van der Waals surface area contributed by atoms with E-state index in [4.69, 9.17) is 0 Å². The molecule has 0 spiro atoms. The Balaban J connectivity index is 2.04. The predicted octanol–water partition coefficient (Wildman–Crippen LogP) is 3.40. The Kier molecular flexibility index (Phi) is 3.19. The Morgan fingerprint density at radius 1 is 1.04 bits per heavy atom. The highest BCUT2D eigenvalue weighted by atomic mass is 16.2. The topological polar surface area (TPSA) is 61.9 Å². The van der Waals surface area contributed by atoms with Crippen molar-refractivity contribution in [1.82, 2.24) is 15.4 Å². The van der Waals surface area contributed by atoms with Gasteiger partial charge in [-0.05, 0) is 11.6 Å². The fraction of sp³-hybridized carbons (Fsp3) is 0.167. The van der Waals surface area contributed by atoms with Gasteiger partial charge in [0.15, 0.2) is 0 Å². The summed E-state index contributed by atoms with van der Waals surface area (Å²) in [4.78, 5) is 14.4. The number of nitrogens with one attached hydrogen (secondary N) is 1. The van der Waals surface area contributed by atoms with Crippen LogP contribution in [0.15, 0.2) is 48.5 Å². The van der Waals surface area contributed by atoms with E-state index in [1.54, 1.807) is 0 Å². The van der Waals surface area contributed by atoms with Crippen molar-refractivity contribution < 1.29 is 4.79 Å². The number of para-hydroxylation sites is 1. The van der Waals surface area contributed by atoms with Crippen LogP contribution in [0.3, 0.4) is 0 Å². The number of aromatic nitrogens is 3. The number of hydrogen-bond acceptors (Lipinski definition) is 3. The molecule has 1 aliphatic heterocycles. The van der Waals surface area contributed by atoms with Crippen molar-refractivity contribution in [2.75, 3.05) is 4.90 Å². The third-order valence-electron chi connectivity index (χ3n) is 4.20. The van der Waals surface area contributed by atoms with Crippen LogP contribution in [0.5, 0.6) is 0 Å². The highest BCUT2D eigenvalue weighted by Crippen LogP contribution is 2.39. The lowest BCUT2D eigenvalue weighted by molar-refractivity contribution is -0.118. The van der Waals surface area contributed by atoms with E-state index in [0.29, 0.717) is 13.0 Å². The molecule has 0 fully saturated rings. The van der Waals surface area contributed by atoms with E-state index in [-0.39, 0.29) is 5.91 Å². The molecule has 0 unspecified atom stereocenters. The van der Waals surface area contributed by atoms with Gasteiger partial charge in [0.2, 0.25) is 5.91 Å². The zero-order valence-electron chi connectivity index (χ0n) is 12.8. The third kappa shape index (κ3) is 2.12. The number of amides is 1. The molecule has 0 radical (unpaired) electrons. The van der Waals surface area contributed by atoms with E-state index in [1.165, 1.54) is 0 Å². The summed E-state index contributed by atoms with van der Waals surface area (Å²) in [6.45, 7) is 2.42. The molecular weight excluding hydrogens is 288 g/mol. The van der Waals surface area contributed by atoms with E-state index < -0.39 is 0 Å². The molecule has 114 valence electrons. The van der Waals surface area contributed by atoms with Gasteiger partial charge in [-0.1, -0.05) is 49.4 Å². The van der Waals surface area contributed by atoms with E-state index in [2.05, 4.69) is 15.4 Å². The largest absolute Gasteiger partial charge is 0.307 e. The summed E-state index contributed by atoms with van der Waals surface area (Å²) in [5.41, 5.74) is 5.49. The normalized spacial score (nSPS) is 12.7. The predicted molar refractivity (Wildman–Crippen MR) is 88.7 cm³/mol. The quantitative estimate of drug-likeness (QED) is 0.749. The van der Waals surface area contributed by atoms with Crippen LogP contribution in [0.25, 0.3) is 22.5 Å². The second-order valence-electron chi connectivity index (χ2n) is 5.53. The number of aromatic amines is 1. The molecule has 1 aromatic heterocycles. The Morgan fingerprint density at radius 3 is 2.48 bits per heavy atom. The highest BCUT2D eigenvalue weighted by molar-refractivity contribution is 5.99. The summed E-state index contributed by atoms with van der Waals surface area (Å²) in [6, 6.07) is 15.9. The number of hydrogen-bond donors (Lipinski definition) is 1. The summed E-state index contributed by atoms with van der Waals surface area (Å²) >= 11 is 0. The number of anilines is 1. The van der Waals surface area contributed by atoms with Gasteiger partial charge in [-0.25, -0.2) is 0 Å². The molecule has 23 heavy (non-hydrogen) atoms. The molecule has 1 amide bonds. The Bertz CT molecular complexity index is 884. The average Bonchev–Trinajstić information content (AvgIpc) is 3.07. The van der Waals surface area contributed by atoms with Crippen LogP contribution >= 0.6 is 0 Å². The van der Waals surface area contributed by atoms with Crippen LogP contribution in [0.2, 0.25) is 0 Å². The van der Waals surface area contributed by atoms with Gasteiger partial charge in [-0.15, -0.1) is 0 Å². The van der Waals surface area contributed by atoms with Crippen LogP contribution in [0, 0.1) is 0 Å². The first kappa shape index (κ1) is 13.7. The Labute approximate surface area is 134 Å². The fourth-order valence-corrected chi connectivity index (χ4v) is 3.07. The van der Waals surface area contributed by atoms with Crippen LogP contribution < -0.4 is 4.90 Å². The number of nitrogens with zero attached hydrogens (tertiary/aromatic N) is 3. The first-order valence-corrected chi connectivity index (χ1v) is 7.68. The number of rotatable bonds is 1. The van der Waals surface area contributed by atoms with E-state index in [1.807, 2.05) is 60.4 Å². The maximum Gasteiger partial charge on any atom is 0.227 e. The number of H-pyrrole nitrogens is 1. The highest BCUT2D eigenvalue weighted by Gasteiger charge is 2.26. The number of fused-ring (bicyclic) bond motifs is 5. The maximum atomic E-state index is 12.5. The fourth-order valence-electron chi connectivity index (χ4n) is 3.07. The lowest BCUT2D eigenvalue weighted by Gasteiger charge is -2.27. The summed E-state index contributed by atoms with van der Waals surface area (Å²) in [6.07, 6.45) is 0.460. The minimum atomic E-state index is 0.0965. The van der Waals surface area contributed by atoms with E-state index in [0.717, 1.165) is 33.8 Å². The van der Waals surface area contributed by atoms with Gasteiger partial charge in [0.1, 0.15) is 11.4 Å². The van der Waals surface area contributed by atoms with Crippen molar-refractivity contribution in [2.45, 2.75) is 19.9 Å². The molecule has 0 atom stereocenters. The van der Waals surface area contributed by atoms with Gasteiger partial charge < -0.3 is 4.90 Å². The molecule has 0 saturated heterocycles. The molecular formula is C18H16N4O. The van der Waals surface area contributed by atoms with Crippen molar-refractivity contribution in [3.8, 4) is 22.5 Å². The van der Waals surface area contributed by atoms with Gasteiger partial charge in [0.05, 0.1) is 12.2 Å². The average molecular weight is 304 g/mol. The molecule has 0 bridgehead atoms. The second kappa shape index (κ2) is 5.35. The van der Waals surface area contributed by atoms with Gasteiger partial charge in [0, 0.05) is 17.5 Å². The number of benzene rings is 2. The first-order chi connectivity index (χ1) is 11.3. The van der Waals surface area contributed by atoms with E-state index >= 15 is 0 Å². The summed E-state index contributed by atoms with van der Waals surface area (Å²) in [5, 5.41) is 11.4. The minimum Gasteiger partial charge on any atom is -0.307 e. The van der Waals surface area contributed by atoms with Gasteiger partial charge in [-0.3, -0.25) is 4.79 Å². The van der Waals surface area contributed by atoms with Crippen molar-refractivity contribution >= 4 is 11.6 Å². The molecule has 1 aliphatic rings. The van der Waals surface area contributed by atoms with Crippen molar-refractivity contribution in [3.05, 3.63) is 54.1 Å². The number of carbonyl (C=O) groups excluding carboxylic acids is 1. The molecule has 2 aromatic carbocycles. The van der Waals surface area contributed by atoms with Gasteiger partial charge >= 0.3 is 0 Å². The lowest BCUT2D eigenvalue weighted by Crippen LogP contribution is -2.31. The molecule has 2 heterocycles. The monoisotopic (exact) mass is 304 g/mol.